The number of benzene rings is 1. The lowest BCUT2D eigenvalue weighted by molar-refractivity contribution is -0.135. The fraction of sp³-hybridized carbons (Fsp3) is 0.111. The number of halogens is 1. The third kappa shape index (κ3) is 2.50. The highest BCUT2D eigenvalue weighted by molar-refractivity contribution is 9.10. The molecule has 0 aliphatic heterocycles. The van der Waals surface area contributed by atoms with E-state index in [2.05, 4.69) is 15.9 Å². The number of rotatable bonds is 2. The van der Waals surface area contributed by atoms with Gasteiger partial charge in [0.2, 0.25) is 0 Å². The van der Waals surface area contributed by atoms with Gasteiger partial charge >= 0.3 is 11.8 Å². The number of hydrazine groups is 1. The quantitative estimate of drug-likeness (QED) is 0.350. The number of ether oxygens (including phenoxy) is 1. The lowest BCUT2D eigenvalue weighted by atomic mass is 10.3. The summed E-state index contributed by atoms with van der Waals surface area (Å²) >= 11 is 3.24. The Balaban J connectivity index is 3.12. The van der Waals surface area contributed by atoms with E-state index in [1.54, 1.807) is 12.1 Å². The Hall–Kier alpha value is -1.60. The smallest absolute Gasteiger partial charge is 0.330 e. The van der Waals surface area contributed by atoms with Crippen molar-refractivity contribution < 1.29 is 14.3 Å². The molecule has 0 bridgehead atoms. The summed E-state index contributed by atoms with van der Waals surface area (Å²) in [6.45, 7) is 0. The minimum absolute atomic E-state index is 0.259. The number of carbonyl (C=O) groups excluding carboxylic acids is 2. The molecule has 0 atom stereocenters. The lowest BCUT2D eigenvalue weighted by Crippen LogP contribution is -2.45. The van der Waals surface area contributed by atoms with E-state index in [-0.39, 0.29) is 5.69 Å². The second kappa shape index (κ2) is 4.95. The molecule has 1 aromatic carbocycles. The van der Waals surface area contributed by atoms with E-state index in [4.69, 9.17) is 16.3 Å². The van der Waals surface area contributed by atoms with Crippen molar-refractivity contribution in [2.45, 2.75) is 0 Å². The van der Waals surface area contributed by atoms with Gasteiger partial charge in [-0.05, 0) is 18.2 Å². The van der Waals surface area contributed by atoms with Gasteiger partial charge in [-0.1, -0.05) is 15.9 Å². The maximum Gasteiger partial charge on any atom is 0.330 e. The van der Waals surface area contributed by atoms with Gasteiger partial charge in [0.1, 0.15) is 11.4 Å². The Morgan fingerprint density at radius 2 is 2.06 bits per heavy atom. The Bertz CT molecular complexity index is 436. The van der Waals surface area contributed by atoms with Crippen molar-refractivity contribution in [2.24, 2.45) is 11.6 Å². The van der Waals surface area contributed by atoms with E-state index < -0.39 is 11.8 Å². The zero-order chi connectivity index (χ0) is 12.3. The lowest BCUT2D eigenvalue weighted by Gasteiger charge is -2.17. The summed E-state index contributed by atoms with van der Waals surface area (Å²) in [5.41, 5.74) is 5.09. The van der Waals surface area contributed by atoms with Gasteiger partial charge in [0, 0.05) is 4.47 Å². The second-order valence-corrected chi connectivity index (χ2v) is 3.77. The third-order valence-electron chi connectivity index (χ3n) is 1.83. The Labute approximate surface area is 100 Å². The highest BCUT2D eigenvalue weighted by atomic mass is 79.9. The van der Waals surface area contributed by atoms with Gasteiger partial charge in [0.25, 0.3) is 0 Å². The molecule has 4 N–H and O–H groups in total. The van der Waals surface area contributed by atoms with Crippen LogP contribution in [0.3, 0.4) is 0 Å². The van der Waals surface area contributed by atoms with Crippen LogP contribution in [0.1, 0.15) is 0 Å². The van der Waals surface area contributed by atoms with Crippen LogP contribution in [0.4, 0.5) is 5.69 Å². The predicted molar refractivity (Wildman–Crippen MR) is 61.6 cm³/mol. The second-order valence-electron chi connectivity index (χ2n) is 2.86. The summed E-state index contributed by atoms with van der Waals surface area (Å²) in [6.07, 6.45) is 0. The molecule has 1 rings (SSSR count). The number of hydrogen-bond acceptors (Lipinski definition) is 4. The number of hydrogen-bond donors (Lipinski definition) is 2. The molecule has 2 amide bonds. The Morgan fingerprint density at radius 1 is 1.44 bits per heavy atom. The highest BCUT2D eigenvalue weighted by Gasteiger charge is 2.20. The molecule has 1 aromatic rings. The van der Waals surface area contributed by atoms with Crippen LogP contribution >= 0.6 is 15.9 Å². The zero-order valence-corrected chi connectivity index (χ0v) is 10.0. The number of primary amides is 1. The zero-order valence-electron chi connectivity index (χ0n) is 8.44. The minimum atomic E-state index is -1.13. The first-order valence-electron chi connectivity index (χ1n) is 4.19. The molecule has 16 heavy (non-hydrogen) atoms. The first kappa shape index (κ1) is 12.5. The SMILES string of the molecule is COc1cc(Br)ccc1N(N)C(=O)C(N)=O. The number of nitrogens with zero attached hydrogens (tertiary/aromatic N) is 1. The van der Waals surface area contributed by atoms with Crippen molar-refractivity contribution in [3.63, 3.8) is 0 Å². The fourth-order valence-electron chi connectivity index (χ4n) is 1.08. The summed E-state index contributed by atoms with van der Waals surface area (Å²) in [7, 11) is 1.42. The first-order valence-corrected chi connectivity index (χ1v) is 4.98. The maximum atomic E-state index is 11.3. The normalized spacial score (nSPS) is 9.69. The number of carbonyl (C=O) groups is 2. The van der Waals surface area contributed by atoms with E-state index in [9.17, 15) is 9.59 Å². The molecule has 6 nitrogen and oxygen atoms in total. The minimum Gasteiger partial charge on any atom is -0.494 e. The van der Waals surface area contributed by atoms with Crippen LogP contribution in [0.5, 0.6) is 5.75 Å². The average molecular weight is 288 g/mol. The number of nitrogens with two attached hydrogens (primary N) is 2. The molecule has 0 radical (unpaired) electrons. The topological polar surface area (TPSA) is 98.7 Å². The molecule has 86 valence electrons. The largest absolute Gasteiger partial charge is 0.494 e. The van der Waals surface area contributed by atoms with Crippen LogP contribution in [0, 0.1) is 0 Å². The van der Waals surface area contributed by atoms with Crippen LogP contribution in [0.2, 0.25) is 0 Å². The molecule has 7 heteroatoms. The molecule has 0 aliphatic rings. The average Bonchev–Trinajstić information content (AvgIpc) is 2.26. The molecular weight excluding hydrogens is 278 g/mol. The van der Waals surface area contributed by atoms with Crippen LogP contribution < -0.4 is 21.3 Å². The monoisotopic (exact) mass is 287 g/mol. The van der Waals surface area contributed by atoms with Crippen molar-refractivity contribution in [3.05, 3.63) is 22.7 Å². The Kier molecular flexibility index (Phi) is 3.86. The van der Waals surface area contributed by atoms with Gasteiger partial charge in [0.05, 0.1) is 7.11 Å². The summed E-state index contributed by atoms with van der Waals surface area (Å²) < 4.78 is 5.78. The van der Waals surface area contributed by atoms with Gasteiger partial charge in [-0.15, -0.1) is 0 Å². The predicted octanol–water partition coefficient (Wildman–Crippen LogP) is 0.150. The molecule has 0 saturated heterocycles. The first-order chi connectivity index (χ1) is 7.47. The molecule has 0 spiro atoms. The van der Waals surface area contributed by atoms with E-state index in [1.165, 1.54) is 13.2 Å². The molecule has 0 aromatic heterocycles. The molecule has 0 fully saturated rings. The molecular formula is C9H10BrN3O3. The number of methoxy groups -OCH3 is 1. The van der Waals surface area contributed by atoms with E-state index >= 15 is 0 Å². The van der Waals surface area contributed by atoms with Crippen molar-refractivity contribution in [1.29, 1.82) is 0 Å². The van der Waals surface area contributed by atoms with Crippen LogP contribution in [-0.2, 0) is 9.59 Å². The van der Waals surface area contributed by atoms with Gasteiger partial charge in [-0.25, -0.2) is 10.9 Å². The molecule has 0 aliphatic carbocycles. The van der Waals surface area contributed by atoms with Crippen LogP contribution in [0.15, 0.2) is 22.7 Å². The van der Waals surface area contributed by atoms with Crippen LogP contribution in [0.25, 0.3) is 0 Å². The maximum absolute atomic E-state index is 11.3. The van der Waals surface area contributed by atoms with Crippen molar-refractivity contribution in [3.8, 4) is 5.75 Å². The van der Waals surface area contributed by atoms with Gasteiger partial charge in [-0.2, -0.15) is 0 Å². The number of amides is 2. The fourth-order valence-corrected chi connectivity index (χ4v) is 1.42. The summed E-state index contributed by atoms with van der Waals surface area (Å²) in [4.78, 5) is 21.9. The number of anilines is 1. The van der Waals surface area contributed by atoms with Gasteiger partial charge in [0.15, 0.2) is 0 Å². The van der Waals surface area contributed by atoms with Crippen molar-refractivity contribution >= 4 is 33.4 Å². The van der Waals surface area contributed by atoms with Crippen LogP contribution in [-0.4, -0.2) is 18.9 Å². The van der Waals surface area contributed by atoms with E-state index in [0.717, 1.165) is 4.47 Å². The highest BCUT2D eigenvalue weighted by Crippen LogP contribution is 2.29. The van der Waals surface area contributed by atoms with Gasteiger partial charge in [-0.3, -0.25) is 9.59 Å². The molecule has 0 saturated carbocycles. The van der Waals surface area contributed by atoms with E-state index in [0.29, 0.717) is 10.8 Å². The standard InChI is InChI=1S/C9H10BrN3O3/c1-16-7-4-5(10)2-3-6(7)13(12)9(15)8(11)14/h2-4H,12H2,1H3,(H2,11,14). The summed E-state index contributed by atoms with van der Waals surface area (Å²) in [6, 6.07) is 4.80. The van der Waals surface area contributed by atoms with Crippen molar-refractivity contribution in [1.82, 2.24) is 0 Å². The molecule has 0 heterocycles. The van der Waals surface area contributed by atoms with Crippen molar-refractivity contribution in [2.75, 3.05) is 12.1 Å². The van der Waals surface area contributed by atoms with Gasteiger partial charge < -0.3 is 10.5 Å². The third-order valence-corrected chi connectivity index (χ3v) is 2.32. The van der Waals surface area contributed by atoms with E-state index in [1.807, 2.05) is 0 Å². The molecule has 0 unspecified atom stereocenters. The summed E-state index contributed by atoms with van der Waals surface area (Å²) in [5.74, 6) is 3.66. The summed E-state index contributed by atoms with van der Waals surface area (Å²) in [5, 5.41) is 0.646. The Morgan fingerprint density at radius 3 is 2.56 bits per heavy atom.